The van der Waals surface area contributed by atoms with Crippen LogP contribution in [0.1, 0.15) is 19.4 Å². The summed E-state index contributed by atoms with van der Waals surface area (Å²) in [6.07, 6.45) is -0.879. The van der Waals surface area contributed by atoms with Crippen molar-refractivity contribution in [1.82, 2.24) is 19.9 Å². The van der Waals surface area contributed by atoms with Crippen LogP contribution < -0.4 is 14.7 Å². The van der Waals surface area contributed by atoms with Crippen LogP contribution >= 0.6 is 0 Å². The summed E-state index contributed by atoms with van der Waals surface area (Å²) in [5.74, 6) is -0.580. The van der Waals surface area contributed by atoms with Crippen LogP contribution in [0.15, 0.2) is 48.8 Å². The topological polar surface area (TPSA) is 77.9 Å². The van der Waals surface area contributed by atoms with Gasteiger partial charge in [-0.1, -0.05) is 26.0 Å². The number of likely N-dealkylation sites (N-methyl/N-ethyl adjacent to an activating group) is 1. The van der Waals surface area contributed by atoms with Crippen LogP contribution in [0.4, 0.5) is 36.3 Å². The molecule has 0 unspecified atom stereocenters. The number of morpholine rings is 1. The Morgan fingerprint density at radius 2 is 1.73 bits per heavy atom. The molecular weight excluding hydrogens is 535 g/mol. The number of ether oxygens (including phenoxy) is 1. The van der Waals surface area contributed by atoms with Crippen molar-refractivity contribution >= 4 is 29.0 Å². The standard InChI is InChI=1S/C29H34F3N7O2/c1-3-36(4-2)14-15-39(27(40)29(30,31)32)23-7-5-6-21(20-23)25-24-10-13-38(22-8-11-33-12-9-22)26(24)35-28(34-25)37-16-18-41-19-17-37/h5-9,11-12,20H,3-4,10,13-19H2,1-2H3. The Labute approximate surface area is 237 Å². The SMILES string of the molecule is CCN(CC)CCN(C(=O)C(F)(F)F)c1cccc(-c2nc(N3CCOCC3)nc3c2CCN3c2ccncc2)c1. The summed E-state index contributed by atoms with van der Waals surface area (Å²) in [5, 5.41) is 0. The fourth-order valence-electron chi connectivity index (χ4n) is 5.27. The van der Waals surface area contributed by atoms with Crippen LogP contribution in [-0.4, -0.2) is 91.0 Å². The maximum absolute atomic E-state index is 13.7. The van der Waals surface area contributed by atoms with E-state index in [-0.39, 0.29) is 12.2 Å². The van der Waals surface area contributed by atoms with Gasteiger partial charge < -0.3 is 24.3 Å². The first-order valence-corrected chi connectivity index (χ1v) is 13.9. The lowest BCUT2D eigenvalue weighted by atomic mass is 10.0. The third-order valence-electron chi connectivity index (χ3n) is 7.54. The highest BCUT2D eigenvalue weighted by atomic mass is 19.4. The largest absolute Gasteiger partial charge is 0.471 e. The van der Waals surface area contributed by atoms with Crippen LogP contribution in [-0.2, 0) is 16.0 Å². The maximum atomic E-state index is 13.7. The molecule has 0 radical (unpaired) electrons. The molecule has 9 nitrogen and oxygen atoms in total. The Morgan fingerprint density at radius 3 is 2.41 bits per heavy atom. The molecular formula is C29H34F3N7O2. The highest BCUT2D eigenvalue weighted by molar-refractivity contribution is 5.98. The Balaban J connectivity index is 1.57. The van der Waals surface area contributed by atoms with Crippen LogP contribution in [0.25, 0.3) is 11.3 Å². The van der Waals surface area contributed by atoms with Gasteiger partial charge in [-0.15, -0.1) is 0 Å². The molecule has 2 aromatic heterocycles. The summed E-state index contributed by atoms with van der Waals surface area (Å²) in [6.45, 7) is 8.53. The second-order valence-corrected chi connectivity index (χ2v) is 9.91. The van der Waals surface area contributed by atoms with Gasteiger partial charge in [-0.2, -0.15) is 18.2 Å². The molecule has 218 valence electrons. The van der Waals surface area contributed by atoms with Crippen LogP contribution in [0, 0.1) is 0 Å². The minimum atomic E-state index is -5.00. The van der Waals surface area contributed by atoms with E-state index in [4.69, 9.17) is 14.7 Å². The third-order valence-corrected chi connectivity index (χ3v) is 7.54. The summed E-state index contributed by atoms with van der Waals surface area (Å²) >= 11 is 0. The number of anilines is 4. The first-order chi connectivity index (χ1) is 19.8. The summed E-state index contributed by atoms with van der Waals surface area (Å²) in [4.78, 5) is 33.6. The summed E-state index contributed by atoms with van der Waals surface area (Å²) < 4.78 is 46.6. The first kappa shape index (κ1) is 28.7. The number of aromatic nitrogens is 3. The van der Waals surface area contributed by atoms with Crippen molar-refractivity contribution in [2.24, 2.45) is 0 Å². The van der Waals surface area contributed by atoms with E-state index in [0.29, 0.717) is 76.1 Å². The van der Waals surface area contributed by atoms with Gasteiger partial charge in [-0.05, 0) is 43.8 Å². The molecule has 1 saturated heterocycles. The van der Waals surface area contributed by atoms with E-state index in [0.717, 1.165) is 22.0 Å². The predicted molar refractivity (Wildman–Crippen MR) is 152 cm³/mol. The molecule has 2 aliphatic rings. The average molecular weight is 570 g/mol. The fourth-order valence-corrected chi connectivity index (χ4v) is 5.27. The molecule has 3 aromatic rings. The summed E-state index contributed by atoms with van der Waals surface area (Å²) in [7, 11) is 0. The van der Waals surface area contributed by atoms with Gasteiger partial charge in [0.25, 0.3) is 0 Å². The highest BCUT2D eigenvalue weighted by Crippen LogP contribution is 2.40. The van der Waals surface area contributed by atoms with Gasteiger partial charge in [0.1, 0.15) is 5.82 Å². The first-order valence-electron chi connectivity index (χ1n) is 13.9. The van der Waals surface area contributed by atoms with Crippen LogP contribution in [0.3, 0.4) is 0 Å². The molecule has 1 amide bonds. The van der Waals surface area contributed by atoms with E-state index in [9.17, 15) is 18.0 Å². The lowest BCUT2D eigenvalue weighted by Gasteiger charge is -2.29. The zero-order valence-electron chi connectivity index (χ0n) is 23.3. The van der Waals surface area contributed by atoms with Gasteiger partial charge in [0, 0.05) is 67.6 Å². The number of nitrogens with zero attached hydrogens (tertiary/aromatic N) is 7. The summed E-state index contributed by atoms with van der Waals surface area (Å²) in [5.41, 5.74) is 3.32. The monoisotopic (exact) mass is 569 g/mol. The molecule has 0 bridgehead atoms. The normalized spacial score (nSPS) is 15.4. The van der Waals surface area contributed by atoms with Gasteiger partial charge in [-0.3, -0.25) is 9.78 Å². The van der Waals surface area contributed by atoms with Crippen molar-refractivity contribution in [1.29, 1.82) is 0 Å². The van der Waals surface area contributed by atoms with E-state index in [1.807, 2.05) is 36.9 Å². The lowest BCUT2D eigenvalue weighted by molar-refractivity contribution is -0.170. The van der Waals surface area contributed by atoms with Crippen molar-refractivity contribution in [3.8, 4) is 11.3 Å². The molecule has 41 heavy (non-hydrogen) atoms. The molecule has 2 aliphatic heterocycles. The van der Waals surface area contributed by atoms with E-state index in [1.54, 1.807) is 30.6 Å². The molecule has 12 heteroatoms. The van der Waals surface area contributed by atoms with Gasteiger partial charge in [0.15, 0.2) is 0 Å². The number of hydrogen-bond acceptors (Lipinski definition) is 8. The number of fused-ring (bicyclic) bond motifs is 1. The van der Waals surface area contributed by atoms with Crippen LogP contribution in [0.2, 0.25) is 0 Å². The third kappa shape index (κ3) is 6.28. The molecule has 5 rings (SSSR count). The van der Waals surface area contributed by atoms with Gasteiger partial charge >= 0.3 is 12.1 Å². The van der Waals surface area contributed by atoms with Gasteiger partial charge in [-0.25, -0.2) is 4.98 Å². The highest BCUT2D eigenvalue weighted by Gasteiger charge is 2.43. The number of pyridine rings is 1. The number of benzene rings is 1. The van der Waals surface area contributed by atoms with Gasteiger partial charge in [0.05, 0.1) is 18.9 Å². The zero-order valence-corrected chi connectivity index (χ0v) is 23.3. The smallest absolute Gasteiger partial charge is 0.378 e. The van der Waals surface area contributed by atoms with E-state index in [1.165, 1.54) is 0 Å². The minimum Gasteiger partial charge on any atom is -0.378 e. The van der Waals surface area contributed by atoms with Crippen molar-refractivity contribution < 1.29 is 22.7 Å². The van der Waals surface area contributed by atoms with Crippen LogP contribution in [0.5, 0.6) is 0 Å². The van der Waals surface area contributed by atoms with Crippen molar-refractivity contribution in [3.63, 3.8) is 0 Å². The zero-order chi connectivity index (χ0) is 29.0. The molecule has 4 heterocycles. The molecule has 0 N–H and O–H groups in total. The fraction of sp³-hybridized carbons (Fsp3) is 0.448. The number of amides is 1. The second-order valence-electron chi connectivity index (χ2n) is 9.91. The number of alkyl halides is 3. The number of hydrogen-bond donors (Lipinski definition) is 0. The second kappa shape index (κ2) is 12.4. The lowest BCUT2D eigenvalue weighted by Crippen LogP contribution is -2.45. The number of rotatable bonds is 9. The molecule has 1 aromatic carbocycles. The Kier molecular flexibility index (Phi) is 8.69. The maximum Gasteiger partial charge on any atom is 0.471 e. The molecule has 0 aliphatic carbocycles. The average Bonchev–Trinajstić information content (AvgIpc) is 3.43. The Morgan fingerprint density at radius 1 is 1.00 bits per heavy atom. The molecule has 0 atom stereocenters. The molecule has 1 fully saturated rings. The van der Waals surface area contributed by atoms with Crippen molar-refractivity contribution in [2.75, 3.05) is 73.7 Å². The van der Waals surface area contributed by atoms with E-state index >= 15 is 0 Å². The van der Waals surface area contributed by atoms with E-state index < -0.39 is 12.1 Å². The number of carbonyl (C=O) groups is 1. The Bertz CT molecular complexity index is 1350. The van der Waals surface area contributed by atoms with Gasteiger partial charge in [0.2, 0.25) is 5.95 Å². The summed E-state index contributed by atoms with van der Waals surface area (Å²) in [6, 6.07) is 10.5. The minimum absolute atomic E-state index is 0.0831. The van der Waals surface area contributed by atoms with E-state index in [2.05, 4.69) is 14.8 Å². The number of carbonyl (C=O) groups excluding carboxylic acids is 1. The Hall–Kier alpha value is -3.77. The predicted octanol–water partition coefficient (Wildman–Crippen LogP) is 4.31. The molecule has 0 spiro atoms. The van der Waals surface area contributed by atoms with Crippen molar-refractivity contribution in [3.05, 3.63) is 54.4 Å². The quantitative estimate of drug-likeness (QED) is 0.378. The number of halogens is 3. The molecule has 0 saturated carbocycles. The van der Waals surface area contributed by atoms with Crippen molar-refractivity contribution in [2.45, 2.75) is 26.4 Å².